The van der Waals surface area contributed by atoms with Gasteiger partial charge in [-0.3, -0.25) is 4.90 Å². The minimum Gasteiger partial charge on any atom is -0.338 e. The average molecular weight is 376 g/mol. The first kappa shape index (κ1) is 18.7. The topological polar surface area (TPSA) is 35.6 Å². The molecule has 6 heteroatoms. The third-order valence-corrected chi connectivity index (χ3v) is 4.79. The molecule has 2 aromatic rings. The molecular weight excluding hydrogens is 353 g/mol. The van der Waals surface area contributed by atoms with E-state index in [2.05, 4.69) is 16.3 Å². The monoisotopic (exact) mass is 375 g/mol. The molecular formula is C20H23ClFN3O. The Kier molecular flexibility index (Phi) is 6.47. The molecule has 138 valence electrons. The van der Waals surface area contributed by atoms with Crippen LogP contribution in [0, 0.1) is 5.82 Å². The Hall–Kier alpha value is -2.11. The van der Waals surface area contributed by atoms with E-state index in [1.54, 1.807) is 12.1 Å². The van der Waals surface area contributed by atoms with E-state index in [0.717, 1.165) is 30.2 Å². The Morgan fingerprint density at radius 1 is 1.04 bits per heavy atom. The summed E-state index contributed by atoms with van der Waals surface area (Å²) in [5, 5.41) is 3.70. The fourth-order valence-electron chi connectivity index (χ4n) is 3.08. The molecule has 0 unspecified atom stereocenters. The van der Waals surface area contributed by atoms with E-state index in [-0.39, 0.29) is 11.8 Å². The lowest BCUT2D eigenvalue weighted by atomic mass is 10.1. The van der Waals surface area contributed by atoms with Crippen LogP contribution in [0.4, 0.5) is 9.18 Å². The van der Waals surface area contributed by atoms with Gasteiger partial charge in [0.15, 0.2) is 0 Å². The van der Waals surface area contributed by atoms with E-state index < -0.39 is 0 Å². The normalized spacial score (nSPS) is 15.1. The molecule has 0 bridgehead atoms. The zero-order valence-electron chi connectivity index (χ0n) is 14.6. The van der Waals surface area contributed by atoms with Gasteiger partial charge in [-0.15, -0.1) is 0 Å². The van der Waals surface area contributed by atoms with E-state index in [1.807, 2.05) is 23.1 Å². The van der Waals surface area contributed by atoms with Gasteiger partial charge < -0.3 is 10.2 Å². The summed E-state index contributed by atoms with van der Waals surface area (Å²) in [7, 11) is 0. The maximum Gasteiger partial charge on any atom is 0.317 e. The molecule has 2 aromatic carbocycles. The number of nitrogens with one attached hydrogen (secondary N) is 1. The Morgan fingerprint density at radius 3 is 2.46 bits per heavy atom. The van der Waals surface area contributed by atoms with Crippen molar-refractivity contribution < 1.29 is 9.18 Å². The number of hydrogen-bond acceptors (Lipinski definition) is 2. The molecule has 0 aliphatic carbocycles. The van der Waals surface area contributed by atoms with Crippen molar-refractivity contribution in [3.05, 3.63) is 70.5 Å². The second-order valence-corrected chi connectivity index (χ2v) is 6.94. The van der Waals surface area contributed by atoms with Crippen molar-refractivity contribution in [1.82, 2.24) is 15.1 Å². The van der Waals surface area contributed by atoms with Gasteiger partial charge in [0.25, 0.3) is 0 Å². The first-order valence-electron chi connectivity index (χ1n) is 8.84. The Labute approximate surface area is 158 Å². The van der Waals surface area contributed by atoms with Gasteiger partial charge in [0.05, 0.1) is 0 Å². The van der Waals surface area contributed by atoms with E-state index in [9.17, 15) is 9.18 Å². The predicted molar refractivity (Wildman–Crippen MR) is 102 cm³/mol. The number of urea groups is 1. The van der Waals surface area contributed by atoms with E-state index >= 15 is 0 Å². The number of hydrogen-bond donors (Lipinski definition) is 1. The van der Waals surface area contributed by atoms with Crippen LogP contribution in [0.15, 0.2) is 48.5 Å². The van der Waals surface area contributed by atoms with Gasteiger partial charge >= 0.3 is 6.03 Å². The Balaban J connectivity index is 1.38. The lowest BCUT2D eigenvalue weighted by molar-refractivity contribution is 0.135. The van der Waals surface area contributed by atoms with Gasteiger partial charge in [-0.05, 0) is 41.8 Å². The molecule has 4 nitrogen and oxygen atoms in total. The summed E-state index contributed by atoms with van der Waals surface area (Å²) >= 11 is 6.03. The Bertz CT molecular complexity index is 730. The fourth-order valence-corrected chi connectivity index (χ4v) is 3.29. The van der Waals surface area contributed by atoms with Crippen LogP contribution < -0.4 is 5.32 Å². The van der Waals surface area contributed by atoms with Crippen molar-refractivity contribution in [1.29, 1.82) is 0 Å². The van der Waals surface area contributed by atoms with Crippen molar-refractivity contribution in [3.63, 3.8) is 0 Å². The molecule has 0 saturated carbocycles. The fraction of sp³-hybridized carbons (Fsp3) is 0.350. The molecule has 0 radical (unpaired) electrons. The number of rotatable bonds is 5. The maximum absolute atomic E-state index is 12.9. The van der Waals surface area contributed by atoms with Crippen LogP contribution in [-0.4, -0.2) is 48.6 Å². The van der Waals surface area contributed by atoms with Crippen LogP contribution in [0.2, 0.25) is 5.02 Å². The van der Waals surface area contributed by atoms with Crippen molar-refractivity contribution in [2.45, 2.75) is 13.0 Å². The van der Waals surface area contributed by atoms with Crippen LogP contribution in [-0.2, 0) is 13.0 Å². The lowest BCUT2D eigenvalue weighted by Crippen LogP contribution is -2.51. The zero-order valence-corrected chi connectivity index (χ0v) is 15.4. The Morgan fingerprint density at radius 2 is 1.77 bits per heavy atom. The molecule has 0 atom stereocenters. The van der Waals surface area contributed by atoms with Crippen molar-refractivity contribution >= 4 is 17.6 Å². The average Bonchev–Trinajstić information content (AvgIpc) is 2.64. The summed E-state index contributed by atoms with van der Waals surface area (Å²) < 4.78 is 12.9. The standard InChI is InChI=1S/C20H23ClFN3O/c21-18-3-1-2-17(14-18)15-24-10-12-25(13-11-24)20(26)23-9-8-16-4-6-19(22)7-5-16/h1-7,14H,8-13,15H2,(H,23,26). The predicted octanol–water partition coefficient (Wildman–Crippen LogP) is 3.55. The van der Waals surface area contributed by atoms with Crippen LogP contribution in [0.3, 0.4) is 0 Å². The summed E-state index contributed by atoms with van der Waals surface area (Å²) in [4.78, 5) is 16.4. The summed E-state index contributed by atoms with van der Waals surface area (Å²) in [5.74, 6) is -0.242. The number of amides is 2. The molecule has 1 aliphatic heterocycles. The number of carbonyl (C=O) groups excluding carboxylic acids is 1. The largest absolute Gasteiger partial charge is 0.338 e. The lowest BCUT2D eigenvalue weighted by Gasteiger charge is -2.34. The van der Waals surface area contributed by atoms with E-state index in [0.29, 0.717) is 26.1 Å². The summed E-state index contributed by atoms with van der Waals surface area (Å²) in [5.41, 5.74) is 2.20. The molecule has 0 spiro atoms. The highest BCUT2D eigenvalue weighted by atomic mass is 35.5. The molecule has 3 rings (SSSR count). The first-order valence-corrected chi connectivity index (χ1v) is 9.22. The number of benzene rings is 2. The second-order valence-electron chi connectivity index (χ2n) is 6.50. The first-order chi connectivity index (χ1) is 12.6. The molecule has 1 N–H and O–H groups in total. The minimum atomic E-state index is -0.242. The summed E-state index contributed by atoms with van der Waals surface area (Å²) in [6, 6.07) is 14.2. The van der Waals surface area contributed by atoms with Crippen LogP contribution in [0.1, 0.15) is 11.1 Å². The summed E-state index contributed by atoms with van der Waals surface area (Å²) in [6.45, 7) is 4.51. The van der Waals surface area contributed by atoms with Crippen LogP contribution in [0.5, 0.6) is 0 Å². The van der Waals surface area contributed by atoms with Gasteiger partial charge in [-0.1, -0.05) is 35.9 Å². The number of halogens is 2. The van der Waals surface area contributed by atoms with E-state index in [4.69, 9.17) is 11.6 Å². The molecule has 1 heterocycles. The van der Waals surface area contributed by atoms with Gasteiger partial charge in [-0.2, -0.15) is 0 Å². The molecule has 26 heavy (non-hydrogen) atoms. The van der Waals surface area contributed by atoms with Crippen LogP contribution in [0.25, 0.3) is 0 Å². The number of piperazine rings is 1. The zero-order chi connectivity index (χ0) is 18.4. The third-order valence-electron chi connectivity index (χ3n) is 4.56. The second kappa shape index (κ2) is 9.01. The summed E-state index contributed by atoms with van der Waals surface area (Å²) in [6.07, 6.45) is 0.695. The number of nitrogens with zero attached hydrogens (tertiary/aromatic N) is 2. The van der Waals surface area contributed by atoms with Gasteiger partial charge in [0.1, 0.15) is 5.82 Å². The van der Waals surface area contributed by atoms with Crippen molar-refractivity contribution in [2.75, 3.05) is 32.7 Å². The third kappa shape index (κ3) is 5.44. The smallest absolute Gasteiger partial charge is 0.317 e. The molecule has 1 fully saturated rings. The quantitative estimate of drug-likeness (QED) is 0.867. The van der Waals surface area contributed by atoms with Crippen molar-refractivity contribution in [2.24, 2.45) is 0 Å². The molecule has 1 aliphatic rings. The van der Waals surface area contributed by atoms with Gasteiger partial charge in [-0.25, -0.2) is 9.18 Å². The number of carbonyl (C=O) groups is 1. The maximum atomic E-state index is 12.9. The minimum absolute atomic E-state index is 0.0329. The molecule has 2 amide bonds. The van der Waals surface area contributed by atoms with Gasteiger partial charge in [0, 0.05) is 44.3 Å². The van der Waals surface area contributed by atoms with Gasteiger partial charge in [0.2, 0.25) is 0 Å². The molecule has 0 aromatic heterocycles. The van der Waals surface area contributed by atoms with E-state index in [1.165, 1.54) is 17.7 Å². The highest BCUT2D eigenvalue weighted by Crippen LogP contribution is 2.14. The highest BCUT2D eigenvalue weighted by molar-refractivity contribution is 6.30. The van der Waals surface area contributed by atoms with Crippen molar-refractivity contribution in [3.8, 4) is 0 Å². The highest BCUT2D eigenvalue weighted by Gasteiger charge is 2.20. The van der Waals surface area contributed by atoms with Crippen LogP contribution >= 0.6 is 11.6 Å². The SMILES string of the molecule is O=C(NCCc1ccc(F)cc1)N1CCN(Cc2cccc(Cl)c2)CC1. The molecule has 1 saturated heterocycles.